The maximum atomic E-state index is 11.2. The van der Waals surface area contributed by atoms with Crippen molar-refractivity contribution in [3.63, 3.8) is 0 Å². The second-order valence-electron chi connectivity index (χ2n) is 24.7. The summed E-state index contributed by atoms with van der Waals surface area (Å²) in [6.07, 6.45) is 11.0. The van der Waals surface area contributed by atoms with Gasteiger partial charge in [-0.1, -0.05) is 95.3 Å². The van der Waals surface area contributed by atoms with E-state index in [1.54, 1.807) is 6.92 Å². The van der Waals surface area contributed by atoms with Crippen LogP contribution in [-0.2, 0) is 74.8 Å². The van der Waals surface area contributed by atoms with Crippen LogP contribution in [0, 0.1) is 29.6 Å². The van der Waals surface area contributed by atoms with Gasteiger partial charge in [-0.25, -0.2) is 4.21 Å². The van der Waals surface area contributed by atoms with Crippen LogP contribution in [0.1, 0.15) is 166 Å². The number of carboxylic acids is 1. The van der Waals surface area contributed by atoms with Gasteiger partial charge in [0, 0.05) is 121 Å². The molecule has 0 saturated heterocycles. The van der Waals surface area contributed by atoms with Gasteiger partial charge in [0.05, 0.1) is 39.0 Å². The van der Waals surface area contributed by atoms with Crippen molar-refractivity contribution in [1.29, 1.82) is 0 Å². The molecule has 28 heteroatoms. The van der Waals surface area contributed by atoms with Gasteiger partial charge < -0.3 is 63.5 Å². The fourth-order valence-corrected chi connectivity index (χ4v) is 13.5. The molecule has 0 aromatic heterocycles. The SMILES string of the molecule is CCC(=O)Cl.CCC(=O)NC[C@@H]1CC1c1cccc2c1CCO2.CCN(CC)CC.N.NC(=O)[C@@H]1CC1c1cccc2c1CCO2.NC[C@@H]1CC1c1cccc2c1CCO2.O.O=C(Cl)[C@@H]1CC1c1cccc2c1CCO2.O=C(O)[C@@H]1CC1c1cccc2c1CCO2.O=S(Cl)Cl.[B].[H-].[I][V][I].[Na+]. The normalized spacial score (nSPS) is 22.1. The quantitative estimate of drug-likeness (QED) is 0.0348. The maximum absolute atomic E-state index is 11.2. The second-order valence-corrected chi connectivity index (χ2v) is 39.8. The number of hydrogen-bond donors (Lipinski definition) is 5. The molecule has 5 heterocycles. The summed E-state index contributed by atoms with van der Waals surface area (Å²) in [5.41, 5.74) is 24.3. The van der Waals surface area contributed by atoms with Gasteiger partial charge in [-0.2, -0.15) is 0 Å². The molecule has 10 atom stereocenters. The van der Waals surface area contributed by atoms with Gasteiger partial charge in [0.15, 0.2) is 0 Å². The Morgan fingerprint density at radius 1 is 0.560 bits per heavy atom. The zero-order valence-electron chi connectivity index (χ0n) is 58.9. The average Bonchev–Trinajstić information content (AvgIpc) is 1.66. The van der Waals surface area contributed by atoms with E-state index >= 15 is 0 Å². The number of primary amides is 1. The van der Waals surface area contributed by atoms with Crippen LogP contribution in [0.3, 0.4) is 0 Å². The van der Waals surface area contributed by atoms with Crippen LogP contribution in [0.4, 0.5) is 0 Å². The number of carbonyl (C=O) groups is 5. The first-order valence-corrected chi connectivity index (χ1v) is 45.8. The van der Waals surface area contributed by atoms with Gasteiger partial charge in [-0.15, -0.1) is 0 Å². The van der Waals surface area contributed by atoms with Gasteiger partial charge in [-0.3, -0.25) is 24.0 Å². The Bertz CT molecular complexity index is 3290. The molecule has 5 aliphatic heterocycles. The van der Waals surface area contributed by atoms with E-state index in [0.29, 0.717) is 46.0 Å². The first-order chi connectivity index (χ1) is 46.3. The maximum Gasteiger partial charge on any atom is 1.00 e. The predicted octanol–water partition coefficient (Wildman–Crippen LogP) is 10.8. The second kappa shape index (κ2) is 46.2. The molecule has 5 aromatic carbocycles. The molecule has 5 aromatic rings. The summed E-state index contributed by atoms with van der Waals surface area (Å²) in [6, 6.07) is 30.9. The van der Waals surface area contributed by atoms with Crippen LogP contribution in [-0.4, -0.2) is 122 Å². The number of aliphatic carboxylic acids is 1. The third-order valence-electron chi connectivity index (χ3n) is 18.9. The number of hydrogen-bond acceptors (Lipinski definition) is 14. The van der Waals surface area contributed by atoms with Gasteiger partial charge in [0.2, 0.25) is 31.5 Å². The van der Waals surface area contributed by atoms with Crippen LogP contribution in [0.15, 0.2) is 91.0 Å². The molecule has 544 valence electrons. The zero-order chi connectivity index (χ0) is 69.6. The standard InChI is InChI=1S/C15H19NO2.C12H11ClO2.C12H13NO2.C12H15NO.C12H12O3.C6H15N.C3H5ClO.B.Cl2OS.2HI.H3N.Na.H2O.V.H/c1-2-15(17)16-9-10-8-13(10)11-4-3-5-14-12(11)6-7-18-14;2*13-12(14)10-6-9(10)7-2-1-3-11-8(7)4-5-15-11;13-7-8-6-11(8)9-2-1-3-12-10(9)4-5-14-12;13-12(14)10-6-9(10)7-2-1-3-11-8(7)4-5-15-11;1-4-7(5-2)6-3;1-2-3(4)5;;1-4(2)3;;;;;;;/h3-5,10,13H,2,6-9H2,1H3,(H,16,17);1-3,9-10H,4-6H2;1-3,9-10H,4-6H2,(H2,13,14);1-3,8,11H,4-7,13H2;1-3,9-10H,4-6H2,(H,13,14);4-6H2,1-3H3;2H2,1H3;;;2*1H;1H3;;1H2;;/q;;;;;;;;;;;;+1;;+2;-1/p-2/t10-,13?;2*9?,10-;8-,11?;9?,10-;;;;;;;;;;;/m01101.........../s1. The van der Waals surface area contributed by atoms with Crippen molar-refractivity contribution < 1.29 is 103 Å². The van der Waals surface area contributed by atoms with E-state index in [4.69, 9.17) is 67.7 Å². The number of nitrogens with zero attached hydrogens (tertiary/aromatic N) is 1. The Morgan fingerprint density at radius 2 is 0.850 bits per heavy atom. The van der Waals surface area contributed by atoms with Crippen LogP contribution < -0.4 is 76.2 Å². The van der Waals surface area contributed by atoms with Gasteiger partial charge in [-0.05, 0) is 181 Å². The Labute approximate surface area is 666 Å². The number of fused-ring (bicyclic) bond motifs is 5. The third kappa shape index (κ3) is 27.2. The number of rotatable bonds is 16. The van der Waals surface area contributed by atoms with Gasteiger partial charge in [0.1, 0.15) is 28.7 Å². The van der Waals surface area contributed by atoms with Crippen LogP contribution in [0.25, 0.3) is 0 Å². The summed E-state index contributed by atoms with van der Waals surface area (Å²) in [4.78, 5) is 56.1. The minimum absolute atomic E-state index is 0. The van der Waals surface area contributed by atoms with E-state index in [2.05, 4.69) is 141 Å². The largest absolute Gasteiger partial charge is 1.00 e. The van der Waals surface area contributed by atoms with Gasteiger partial charge in [0.25, 0.3) is 0 Å². The van der Waals surface area contributed by atoms with E-state index in [9.17, 15) is 24.0 Å². The van der Waals surface area contributed by atoms with E-state index in [0.717, 1.165) is 138 Å². The molecule has 0 bridgehead atoms. The summed E-state index contributed by atoms with van der Waals surface area (Å²) in [5.74, 6) is 7.92. The molecule has 5 fully saturated rings. The van der Waals surface area contributed by atoms with E-state index in [-0.39, 0.29) is 97.0 Å². The predicted molar refractivity (Wildman–Crippen MR) is 410 cm³/mol. The molecule has 5 aliphatic carbocycles. The molecule has 5 unspecified atom stereocenters. The average molecular weight is 1750 g/mol. The van der Waals surface area contributed by atoms with Gasteiger partial charge >= 0.3 is 84.9 Å². The summed E-state index contributed by atoms with van der Waals surface area (Å²) in [7, 11) is 7.99. The number of amides is 2. The molecular formula is C72H96BCl4I2N5NaO13SV. The fourth-order valence-electron chi connectivity index (χ4n) is 13.2. The number of nitrogens with one attached hydrogen (secondary N) is 1. The molecule has 0 spiro atoms. The minimum Gasteiger partial charge on any atom is 1.00 e. The molecular weight excluding hydrogens is 1660 g/mol. The van der Waals surface area contributed by atoms with Crippen LogP contribution >= 0.6 is 84.5 Å². The Morgan fingerprint density at radius 3 is 1.09 bits per heavy atom. The molecule has 3 radical (unpaired) electrons. The summed E-state index contributed by atoms with van der Waals surface area (Å²) < 4.78 is 36.7. The van der Waals surface area contributed by atoms with Crippen molar-refractivity contribution in [2.24, 2.45) is 41.1 Å². The van der Waals surface area contributed by atoms with Crippen LogP contribution in [0.2, 0.25) is 0 Å². The summed E-state index contributed by atoms with van der Waals surface area (Å²) in [5, 5.41) is 11.4. The van der Waals surface area contributed by atoms with Crippen molar-refractivity contribution in [3.8, 4) is 28.7 Å². The minimum atomic E-state index is -1.67. The number of carboxylic acid groups (broad SMARTS) is 1. The molecule has 100 heavy (non-hydrogen) atoms. The van der Waals surface area contributed by atoms with Crippen molar-refractivity contribution in [1.82, 2.24) is 16.4 Å². The summed E-state index contributed by atoms with van der Waals surface area (Å²) >= 11 is 15.1. The van der Waals surface area contributed by atoms with Crippen LogP contribution in [0.5, 0.6) is 28.7 Å². The smallest absolute Gasteiger partial charge is 1.00 e. The zero-order valence-corrected chi connectivity index (χ0v) is 69.5. The Balaban J connectivity index is 0.000000399. The first kappa shape index (κ1) is 91.3. The third-order valence-corrected chi connectivity index (χ3v) is 19.4. The number of nitrogens with two attached hydrogens (primary N) is 2. The fraction of sp³-hybridized carbons (Fsp3) is 0.514. The molecule has 15 rings (SSSR count). The number of halogens is 6. The van der Waals surface area contributed by atoms with Crippen molar-refractivity contribution in [2.45, 2.75) is 141 Å². The van der Waals surface area contributed by atoms with E-state index < -0.39 is 15.2 Å². The van der Waals surface area contributed by atoms with E-state index in [1.807, 2.05) is 49.4 Å². The van der Waals surface area contributed by atoms with Crippen molar-refractivity contribution >= 4 is 130 Å². The Kier molecular flexibility index (Phi) is 42.2. The van der Waals surface area contributed by atoms with Crippen molar-refractivity contribution in [3.05, 3.63) is 147 Å². The Hall–Kier alpha value is -2.89. The first-order valence-electron chi connectivity index (χ1n) is 33.3. The topological polar surface area (TPSA) is 303 Å². The molecule has 11 N–H and O–H groups in total. The molecule has 2 amide bonds. The molecule has 10 aliphatic rings. The number of benzene rings is 5. The molecule has 18 nitrogen and oxygen atoms in total. The monoisotopic (exact) mass is 1750 g/mol. The summed E-state index contributed by atoms with van der Waals surface area (Å²) in [6.45, 7) is 19.3. The molecule has 5 saturated carbocycles. The van der Waals surface area contributed by atoms with Crippen molar-refractivity contribution in [2.75, 3.05) is 65.8 Å². The van der Waals surface area contributed by atoms with E-state index in [1.165, 1.54) is 88.1 Å². The number of carbonyl (C=O) groups excluding carboxylic acids is 4. The number of ether oxygens (including phenoxy) is 5.